The van der Waals surface area contributed by atoms with E-state index in [1.165, 1.54) is 38.3 Å². The van der Waals surface area contributed by atoms with Gasteiger partial charge in [-0.3, -0.25) is 9.59 Å². The minimum atomic E-state index is -0.132. The summed E-state index contributed by atoms with van der Waals surface area (Å²) in [5.74, 6) is 0.849. The molecule has 29 heavy (non-hydrogen) atoms. The standard InChI is InChI=1S/C21H27N5O3/c27-20(24-16-6-3-1-2-4-7-16)17-14-19(23-15-22-17)25-9-11-26(12-10-25)21(28)18-8-5-13-29-18/h5,8,13-16H,1-4,6-7,9-12H2,(H,24,27). The fraction of sp³-hybridized carbons (Fsp3) is 0.524. The fourth-order valence-corrected chi connectivity index (χ4v) is 4.02. The van der Waals surface area contributed by atoms with Crippen LogP contribution in [0.25, 0.3) is 0 Å². The molecule has 1 aliphatic heterocycles. The Balaban J connectivity index is 1.35. The average Bonchev–Trinajstić information content (AvgIpc) is 3.19. The maximum atomic E-state index is 12.6. The summed E-state index contributed by atoms with van der Waals surface area (Å²) in [6.45, 7) is 2.45. The van der Waals surface area contributed by atoms with Crippen LogP contribution in [0, 0.1) is 0 Å². The summed E-state index contributed by atoms with van der Waals surface area (Å²) in [6, 6.07) is 5.37. The molecule has 8 heteroatoms. The van der Waals surface area contributed by atoms with Gasteiger partial charge in [-0.2, -0.15) is 0 Å². The zero-order chi connectivity index (χ0) is 20.1. The molecule has 1 N–H and O–H groups in total. The van der Waals surface area contributed by atoms with Crippen LogP contribution in [-0.4, -0.2) is 58.9 Å². The molecule has 8 nitrogen and oxygen atoms in total. The van der Waals surface area contributed by atoms with Crippen molar-refractivity contribution in [2.24, 2.45) is 0 Å². The van der Waals surface area contributed by atoms with Crippen molar-refractivity contribution in [1.29, 1.82) is 0 Å². The first kappa shape index (κ1) is 19.4. The van der Waals surface area contributed by atoms with Crippen molar-refractivity contribution in [3.63, 3.8) is 0 Å². The Bertz CT molecular complexity index is 823. The maximum Gasteiger partial charge on any atom is 0.289 e. The molecule has 0 radical (unpaired) electrons. The number of aromatic nitrogens is 2. The number of piperazine rings is 1. The molecule has 1 saturated carbocycles. The number of nitrogens with one attached hydrogen (secondary N) is 1. The van der Waals surface area contributed by atoms with Crippen molar-refractivity contribution in [2.75, 3.05) is 31.1 Å². The van der Waals surface area contributed by atoms with E-state index in [-0.39, 0.29) is 17.9 Å². The molecule has 3 heterocycles. The van der Waals surface area contributed by atoms with Gasteiger partial charge in [-0.1, -0.05) is 25.7 Å². The molecule has 2 aromatic heterocycles. The first-order valence-corrected chi connectivity index (χ1v) is 10.4. The van der Waals surface area contributed by atoms with Crippen LogP contribution in [0.1, 0.15) is 59.6 Å². The van der Waals surface area contributed by atoms with Crippen molar-refractivity contribution in [3.05, 3.63) is 42.2 Å². The van der Waals surface area contributed by atoms with Gasteiger partial charge in [-0.15, -0.1) is 0 Å². The zero-order valence-electron chi connectivity index (χ0n) is 16.5. The Hall–Kier alpha value is -2.90. The summed E-state index contributed by atoms with van der Waals surface area (Å²) in [7, 11) is 0. The Morgan fingerprint density at radius 1 is 1.03 bits per heavy atom. The summed E-state index contributed by atoms with van der Waals surface area (Å²) in [4.78, 5) is 37.4. The second-order valence-electron chi connectivity index (χ2n) is 7.68. The van der Waals surface area contributed by atoms with Gasteiger partial charge < -0.3 is 19.5 Å². The van der Waals surface area contributed by atoms with Gasteiger partial charge in [0.2, 0.25) is 0 Å². The predicted octanol–water partition coefficient (Wildman–Crippen LogP) is 2.48. The molecule has 0 unspecified atom stereocenters. The van der Waals surface area contributed by atoms with Crippen LogP contribution < -0.4 is 10.2 Å². The third kappa shape index (κ3) is 4.75. The molecule has 2 amide bonds. The average molecular weight is 397 g/mol. The molecule has 2 aromatic rings. The van der Waals surface area contributed by atoms with Crippen molar-refractivity contribution in [2.45, 2.75) is 44.6 Å². The van der Waals surface area contributed by atoms with Crippen LogP contribution in [0.3, 0.4) is 0 Å². The highest BCUT2D eigenvalue weighted by molar-refractivity contribution is 5.93. The summed E-state index contributed by atoms with van der Waals surface area (Å²) in [5.41, 5.74) is 0.397. The lowest BCUT2D eigenvalue weighted by Gasteiger charge is -2.35. The Morgan fingerprint density at radius 3 is 2.48 bits per heavy atom. The van der Waals surface area contributed by atoms with Crippen LogP contribution in [0.4, 0.5) is 5.82 Å². The Morgan fingerprint density at radius 2 is 1.79 bits per heavy atom. The predicted molar refractivity (Wildman–Crippen MR) is 108 cm³/mol. The van der Waals surface area contributed by atoms with E-state index in [9.17, 15) is 9.59 Å². The molecule has 0 aromatic carbocycles. The van der Waals surface area contributed by atoms with E-state index < -0.39 is 0 Å². The Labute approximate surface area is 170 Å². The highest BCUT2D eigenvalue weighted by atomic mass is 16.3. The lowest BCUT2D eigenvalue weighted by molar-refractivity contribution is 0.0714. The highest BCUT2D eigenvalue weighted by Gasteiger charge is 2.25. The molecule has 0 bridgehead atoms. The number of rotatable bonds is 4. The van der Waals surface area contributed by atoms with Gasteiger partial charge >= 0.3 is 0 Å². The number of hydrogen-bond acceptors (Lipinski definition) is 6. The summed E-state index contributed by atoms with van der Waals surface area (Å²) < 4.78 is 5.20. The summed E-state index contributed by atoms with van der Waals surface area (Å²) in [6.07, 6.45) is 9.85. The van der Waals surface area contributed by atoms with Gasteiger partial charge in [0.15, 0.2) is 5.76 Å². The van der Waals surface area contributed by atoms with E-state index in [4.69, 9.17) is 4.42 Å². The molecular formula is C21H27N5O3. The smallest absolute Gasteiger partial charge is 0.289 e. The molecular weight excluding hydrogens is 370 g/mol. The molecule has 154 valence electrons. The van der Waals surface area contributed by atoms with Crippen molar-refractivity contribution < 1.29 is 14.0 Å². The molecule has 1 aliphatic carbocycles. The van der Waals surface area contributed by atoms with Crippen molar-refractivity contribution in [3.8, 4) is 0 Å². The van der Waals surface area contributed by atoms with Gasteiger partial charge in [-0.25, -0.2) is 9.97 Å². The number of hydrogen-bond donors (Lipinski definition) is 1. The van der Waals surface area contributed by atoms with Gasteiger partial charge in [0, 0.05) is 38.3 Å². The first-order chi connectivity index (χ1) is 14.2. The second-order valence-corrected chi connectivity index (χ2v) is 7.68. The number of carbonyl (C=O) groups is 2. The minimum Gasteiger partial charge on any atom is -0.459 e. The van der Waals surface area contributed by atoms with E-state index in [1.807, 2.05) is 0 Å². The summed E-state index contributed by atoms with van der Waals surface area (Å²) in [5, 5.41) is 3.13. The lowest BCUT2D eigenvalue weighted by Crippen LogP contribution is -2.49. The normalized spacial score (nSPS) is 18.3. The van der Waals surface area contributed by atoms with Gasteiger partial charge in [0.25, 0.3) is 11.8 Å². The minimum absolute atomic E-state index is 0.0965. The molecule has 1 saturated heterocycles. The van der Waals surface area contributed by atoms with Gasteiger partial charge in [-0.05, 0) is 25.0 Å². The van der Waals surface area contributed by atoms with Crippen molar-refractivity contribution in [1.82, 2.24) is 20.2 Å². The molecule has 4 rings (SSSR count). The quantitative estimate of drug-likeness (QED) is 0.797. The number of anilines is 1. The van der Waals surface area contributed by atoms with Crippen LogP contribution in [-0.2, 0) is 0 Å². The molecule has 2 aliphatic rings. The lowest BCUT2D eigenvalue weighted by atomic mass is 10.1. The number of furan rings is 1. The number of carbonyl (C=O) groups excluding carboxylic acids is 2. The third-order valence-electron chi connectivity index (χ3n) is 5.70. The van der Waals surface area contributed by atoms with Crippen molar-refractivity contribution >= 4 is 17.6 Å². The largest absolute Gasteiger partial charge is 0.459 e. The van der Waals surface area contributed by atoms with Crippen LogP contribution in [0.5, 0.6) is 0 Å². The van der Waals surface area contributed by atoms with Crippen LogP contribution in [0.2, 0.25) is 0 Å². The Kier molecular flexibility index (Phi) is 6.07. The van der Waals surface area contributed by atoms with E-state index in [0.717, 1.165) is 18.7 Å². The van der Waals surface area contributed by atoms with Gasteiger partial charge in [0.05, 0.1) is 6.26 Å². The number of amides is 2. The van der Waals surface area contributed by atoms with E-state index in [0.29, 0.717) is 37.6 Å². The van der Waals surface area contributed by atoms with E-state index in [2.05, 4.69) is 20.2 Å². The molecule has 0 spiro atoms. The molecule has 0 atom stereocenters. The monoisotopic (exact) mass is 397 g/mol. The van der Waals surface area contributed by atoms with Crippen LogP contribution in [0.15, 0.2) is 35.2 Å². The highest BCUT2D eigenvalue weighted by Crippen LogP contribution is 2.19. The van der Waals surface area contributed by atoms with Crippen LogP contribution >= 0.6 is 0 Å². The van der Waals surface area contributed by atoms with E-state index >= 15 is 0 Å². The van der Waals surface area contributed by atoms with Gasteiger partial charge in [0.1, 0.15) is 17.8 Å². The first-order valence-electron chi connectivity index (χ1n) is 10.4. The maximum absolute atomic E-state index is 12.6. The SMILES string of the molecule is O=C(NC1CCCCCC1)c1cc(N2CCN(C(=O)c3ccco3)CC2)ncn1. The molecule has 2 fully saturated rings. The zero-order valence-corrected chi connectivity index (χ0v) is 16.5. The number of nitrogens with zero attached hydrogens (tertiary/aromatic N) is 4. The second kappa shape index (κ2) is 9.07. The van der Waals surface area contributed by atoms with E-state index in [1.54, 1.807) is 23.1 Å². The fourth-order valence-electron chi connectivity index (χ4n) is 4.02. The summed E-state index contributed by atoms with van der Waals surface area (Å²) >= 11 is 0. The third-order valence-corrected chi connectivity index (χ3v) is 5.70. The topological polar surface area (TPSA) is 91.6 Å².